The minimum atomic E-state index is -1.12. The van der Waals surface area contributed by atoms with Gasteiger partial charge in [0.2, 0.25) is 5.91 Å². The van der Waals surface area contributed by atoms with E-state index in [9.17, 15) is 13.6 Å². The number of nitriles is 1. The van der Waals surface area contributed by atoms with Crippen LogP contribution in [-0.4, -0.2) is 30.1 Å². The fourth-order valence-corrected chi connectivity index (χ4v) is 2.22. The molecular weight excluding hydrogens is 332 g/mol. The SMILES string of the molecule is COC[C@@](C)(C#N)NC(=O)CCc1ncc(-c2ccc(F)cc2F)o1. The summed E-state index contributed by atoms with van der Waals surface area (Å²) in [7, 11) is 1.44. The topological polar surface area (TPSA) is 88.1 Å². The Balaban J connectivity index is 1.98. The van der Waals surface area contributed by atoms with Gasteiger partial charge in [0.25, 0.3) is 0 Å². The second kappa shape index (κ2) is 7.85. The van der Waals surface area contributed by atoms with Crippen molar-refractivity contribution in [1.29, 1.82) is 5.26 Å². The summed E-state index contributed by atoms with van der Waals surface area (Å²) in [6.07, 6.45) is 1.52. The van der Waals surface area contributed by atoms with Crippen molar-refractivity contribution in [2.75, 3.05) is 13.7 Å². The number of carbonyl (C=O) groups excluding carboxylic acids is 1. The smallest absolute Gasteiger partial charge is 0.221 e. The lowest BCUT2D eigenvalue weighted by atomic mass is 10.1. The van der Waals surface area contributed by atoms with Gasteiger partial charge in [0.15, 0.2) is 11.7 Å². The van der Waals surface area contributed by atoms with Gasteiger partial charge in [-0.1, -0.05) is 0 Å². The molecule has 0 bridgehead atoms. The number of halogens is 2. The number of methoxy groups -OCH3 is 1. The van der Waals surface area contributed by atoms with Crippen molar-refractivity contribution < 1.29 is 22.7 Å². The molecule has 0 aliphatic rings. The van der Waals surface area contributed by atoms with E-state index in [1.807, 2.05) is 6.07 Å². The highest BCUT2D eigenvalue weighted by molar-refractivity contribution is 5.77. The van der Waals surface area contributed by atoms with Crippen LogP contribution in [0.2, 0.25) is 0 Å². The summed E-state index contributed by atoms with van der Waals surface area (Å²) in [5.41, 5.74) is -1.04. The molecule has 0 fully saturated rings. The molecule has 8 heteroatoms. The van der Waals surface area contributed by atoms with Crippen molar-refractivity contribution >= 4 is 5.91 Å². The van der Waals surface area contributed by atoms with Crippen LogP contribution in [0.5, 0.6) is 0 Å². The Morgan fingerprint density at radius 3 is 2.88 bits per heavy atom. The molecule has 0 saturated carbocycles. The normalized spacial score (nSPS) is 13.1. The third kappa shape index (κ3) is 4.84. The molecule has 1 N–H and O–H groups in total. The number of aryl methyl sites for hydroxylation is 1. The predicted molar refractivity (Wildman–Crippen MR) is 84.2 cm³/mol. The van der Waals surface area contributed by atoms with E-state index in [1.165, 1.54) is 19.4 Å². The maximum atomic E-state index is 13.7. The van der Waals surface area contributed by atoms with Crippen LogP contribution < -0.4 is 5.32 Å². The Morgan fingerprint density at radius 2 is 2.24 bits per heavy atom. The molecule has 1 heterocycles. The minimum absolute atomic E-state index is 0.0346. The van der Waals surface area contributed by atoms with Crippen LogP contribution in [0.1, 0.15) is 19.2 Å². The van der Waals surface area contributed by atoms with Gasteiger partial charge in [0.1, 0.15) is 17.2 Å². The van der Waals surface area contributed by atoms with Gasteiger partial charge in [-0.3, -0.25) is 4.79 Å². The molecule has 2 aromatic rings. The Bertz CT molecular complexity index is 801. The summed E-state index contributed by atoms with van der Waals surface area (Å²) in [5, 5.41) is 11.7. The van der Waals surface area contributed by atoms with E-state index in [4.69, 9.17) is 14.4 Å². The fraction of sp³-hybridized carbons (Fsp3) is 0.353. The summed E-state index contributed by atoms with van der Waals surface area (Å²) in [6, 6.07) is 5.10. The molecule has 1 aromatic carbocycles. The number of carbonyl (C=O) groups is 1. The summed E-state index contributed by atoms with van der Waals surface area (Å²) in [5.74, 6) is -1.43. The van der Waals surface area contributed by atoms with Crippen molar-refractivity contribution in [3.63, 3.8) is 0 Å². The first kappa shape index (κ1) is 18.5. The molecule has 0 saturated heterocycles. The van der Waals surface area contributed by atoms with E-state index in [0.717, 1.165) is 12.1 Å². The monoisotopic (exact) mass is 349 g/mol. The van der Waals surface area contributed by atoms with Gasteiger partial charge in [0.05, 0.1) is 24.4 Å². The largest absolute Gasteiger partial charge is 0.441 e. The van der Waals surface area contributed by atoms with Crippen LogP contribution in [0.25, 0.3) is 11.3 Å². The number of nitrogens with one attached hydrogen (secondary N) is 1. The molecule has 0 spiro atoms. The van der Waals surface area contributed by atoms with Crippen molar-refractivity contribution in [2.24, 2.45) is 0 Å². The van der Waals surface area contributed by atoms with E-state index in [0.29, 0.717) is 0 Å². The molecule has 25 heavy (non-hydrogen) atoms. The molecule has 2 rings (SSSR count). The molecule has 6 nitrogen and oxygen atoms in total. The number of rotatable bonds is 7. The number of hydrogen-bond donors (Lipinski definition) is 1. The number of ether oxygens (including phenoxy) is 1. The van der Waals surface area contributed by atoms with Gasteiger partial charge in [-0.25, -0.2) is 13.8 Å². The number of benzene rings is 1. The lowest BCUT2D eigenvalue weighted by Crippen LogP contribution is -2.48. The van der Waals surface area contributed by atoms with Crippen LogP contribution in [-0.2, 0) is 16.0 Å². The Hall–Kier alpha value is -2.79. The standard InChI is InChI=1S/C17H17F2N3O3/c1-17(9-20,10-24-2)22-15(23)5-6-16-21-8-14(25-16)12-4-3-11(18)7-13(12)19/h3-4,7-8H,5-6,10H2,1-2H3,(H,22,23)/t17-/m1/s1. The third-order valence-electron chi connectivity index (χ3n) is 3.41. The lowest BCUT2D eigenvalue weighted by Gasteiger charge is -2.21. The van der Waals surface area contributed by atoms with Crippen molar-refractivity contribution in [1.82, 2.24) is 10.3 Å². The molecule has 132 valence electrons. The number of nitrogens with zero attached hydrogens (tertiary/aromatic N) is 2. The highest BCUT2D eigenvalue weighted by Gasteiger charge is 2.26. The van der Waals surface area contributed by atoms with E-state index < -0.39 is 17.2 Å². The first-order chi connectivity index (χ1) is 11.9. The molecule has 1 atom stereocenters. The van der Waals surface area contributed by atoms with E-state index in [-0.39, 0.29) is 42.6 Å². The van der Waals surface area contributed by atoms with Crippen LogP contribution in [0, 0.1) is 23.0 Å². The lowest BCUT2D eigenvalue weighted by molar-refractivity contribution is -0.122. The van der Waals surface area contributed by atoms with Gasteiger partial charge >= 0.3 is 0 Å². The number of amides is 1. The number of aromatic nitrogens is 1. The van der Waals surface area contributed by atoms with E-state index in [2.05, 4.69) is 10.3 Å². The summed E-state index contributed by atoms with van der Waals surface area (Å²) in [4.78, 5) is 15.9. The molecule has 0 unspecified atom stereocenters. The molecular formula is C17H17F2N3O3. The summed E-state index contributed by atoms with van der Waals surface area (Å²) < 4.78 is 37.0. The molecule has 1 aromatic heterocycles. The van der Waals surface area contributed by atoms with Crippen molar-refractivity contribution in [3.05, 3.63) is 41.9 Å². The maximum absolute atomic E-state index is 13.7. The highest BCUT2D eigenvalue weighted by atomic mass is 19.1. The maximum Gasteiger partial charge on any atom is 0.221 e. The van der Waals surface area contributed by atoms with Crippen LogP contribution in [0.4, 0.5) is 8.78 Å². The van der Waals surface area contributed by atoms with Gasteiger partial charge in [0, 0.05) is 26.0 Å². The van der Waals surface area contributed by atoms with Crippen LogP contribution in [0.3, 0.4) is 0 Å². The van der Waals surface area contributed by atoms with Crippen molar-refractivity contribution in [3.8, 4) is 17.4 Å². The molecule has 0 radical (unpaired) electrons. The second-order valence-corrected chi connectivity index (χ2v) is 5.67. The second-order valence-electron chi connectivity index (χ2n) is 5.67. The fourth-order valence-electron chi connectivity index (χ4n) is 2.22. The van der Waals surface area contributed by atoms with Crippen LogP contribution >= 0.6 is 0 Å². The van der Waals surface area contributed by atoms with Gasteiger partial charge in [-0.2, -0.15) is 5.26 Å². The summed E-state index contributed by atoms with van der Waals surface area (Å²) >= 11 is 0. The van der Waals surface area contributed by atoms with E-state index in [1.54, 1.807) is 6.92 Å². The zero-order valence-electron chi connectivity index (χ0n) is 13.8. The average Bonchev–Trinajstić information content (AvgIpc) is 3.02. The average molecular weight is 349 g/mol. The Kier molecular flexibility index (Phi) is 5.83. The zero-order valence-corrected chi connectivity index (χ0v) is 13.8. The number of hydrogen-bond acceptors (Lipinski definition) is 5. The summed E-state index contributed by atoms with van der Waals surface area (Å²) in [6.45, 7) is 1.61. The minimum Gasteiger partial charge on any atom is -0.441 e. The quantitative estimate of drug-likeness (QED) is 0.830. The molecule has 1 amide bonds. The number of oxazole rings is 1. The molecule has 0 aliphatic carbocycles. The third-order valence-corrected chi connectivity index (χ3v) is 3.41. The first-order valence-electron chi connectivity index (χ1n) is 7.48. The van der Waals surface area contributed by atoms with Gasteiger partial charge in [-0.15, -0.1) is 0 Å². The Morgan fingerprint density at radius 1 is 1.48 bits per heavy atom. The van der Waals surface area contributed by atoms with Gasteiger partial charge < -0.3 is 14.5 Å². The zero-order chi connectivity index (χ0) is 18.4. The van der Waals surface area contributed by atoms with Crippen LogP contribution in [0.15, 0.2) is 28.8 Å². The molecule has 0 aliphatic heterocycles. The van der Waals surface area contributed by atoms with Gasteiger partial charge in [-0.05, 0) is 19.1 Å². The first-order valence-corrected chi connectivity index (χ1v) is 7.48. The highest BCUT2D eigenvalue weighted by Crippen LogP contribution is 2.24. The van der Waals surface area contributed by atoms with Crippen molar-refractivity contribution in [2.45, 2.75) is 25.3 Å². The Labute approximate surface area is 143 Å². The predicted octanol–water partition coefficient (Wildman–Crippen LogP) is 2.60. The van der Waals surface area contributed by atoms with E-state index >= 15 is 0 Å².